The van der Waals surface area contributed by atoms with Crippen LogP contribution < -0.4 is 5.32 Å². The summed E-state index contributed by atoms with van der Waals surface area (Å²) in [6, 6.07) is 11.7. The zero-order chi connectivity index (χ0) is 17.2. The van der Waals surface area contributed by atoms with Crippen LogP contribution in [-0.2, 0) is 13.6 Å². The van der Waals surface area contributed by atoms with Gasteiger partial charge in [-0.3, -0.25) is 9.48 Å². The van der Waals surface area contributed by atoms with Crippen LogP contribution in [0.5, 0.6) is 0 Å². The second-order valence-electron chi connectivity index (χ2n) is 5.89. The number of carbonyl (C=O) groups excluding carboxylic acids is 1. The first kappa shape index (κ1) is 15.1. The highest BCUT2D eigenvalue weighted by molar-refractivity contribution is 5.95. The SMILES string of the molecule is Cn1cc(-c2cccc(CNC(=O)c3ccn4ccnc4c3)c2)cn1. The molecule has 0 aliphatic heterocycles. The molecule has 4 rings (SSSR count). The van der Waals surface area contributed by atoms with Gasteiger partial charge in [0, 0.05) is 49.5 Å². The van der Waals surface area contributed by atoms with Gasteiger partial charge in [-0.2, -0.15) is 5.10 Å². The summed E-state index contributed by atoms with van der Waals surface area (Å²) in [5.74, 6) is -0.114. The topological polar surface area (TPSA) is 64.2 Å². The maximum atomic E-state index is 12.4. The lowest BCUT2D eigenvalue weighted by Gasteiger charge is -2.07. The predicted octanol–water partition coefficient (Wildman–Crippen LogP) is 2.66. The van der Waals surface area contributed by atoms with Crippen molar-refractivity contribution in [3.63, 3.8) is 0 Å². The molecule has 0 saturated heterocycles. The van der Waals surface area contributed by atoms with E-state index in [0.717, 1.165) is 22.3 Å². The Morgan fingerprint density at radius 2 is 2.08 bits per heavy atom. The van der Waals surface area contributed by atoms with Gasteiger partial charge in [0.15, 0.2) is 0 Å². The Kier molecular flexibility index (Phi) is 3.78. The lowest BCUT2D eigenvalue weighted by Crippen LogP contribution is -2.22. The van der Waals surface area contributed by atoms with Gasteiger partial charge in [-0.1, -0.05) is 18.2 Å². The van der Waals surface area contributed by atoms with E-state index in [1.165, 1.54) is 0 Å². The molecule has 0 spiro atoms. The zero-order valence-electron chi connectivity index (χ0n) is 13.8. The molecule has 124 valence electrons. The molecule has 0 bridgehead atoms. The van der Waals surface area contributed by atoms with E-state index in [1.807, 2.05) is 54.4 Å². The number of aromatic nitrogens is 4. The summed E-state index contributed by atoms with van der Waals surface area (Å²) in [5, 5.41) is 7.16. The van der Waals surface area contributed by atoms with E-state index < -0.39 is 0 Å². The number of imidazole rings is 1. The van der Waals surface area contributed by atoms with Crippen molar-refractivity contribution in [3.05, 3.63) is 78.5 Å². The van der Waals surface area contributed by atoms with Gasteiger partial charge >= 0.3 is 0 Å². The predicted molar refractivity (Wildman–Crippen MR) is 95.0 cm³/mol. The van der Waals surface area contributed by atoms with Crippen LogP contribution in [0.15, 0.2) is 67.4 Å². The van der Waals surface area contributed by atoms with Crippen molar-refractivity contribution < 1.29 is 4.79 Å². The Hall–Kier alpha value is -3.41. The Balaban J connectivity index is 1.48. The number of amides is 1. The molecule has 0 atom stereocenters. The van der Waals surface area contributed by atoms with Gasteiger partial charge in [0.2, 0.25) is 0 Å². The first-order chi connectivity index (χ1) is 12.2. The lowest BCUT2D eigenvalue weighted by atomic mass is 10.1. The number of pyridine rings is 1. The van der Waals surface area contributed by atoms with Gasteiger partial charge in [0.1, 0.15) is 5.65 Å². The lowest BCUT2D eigenvalue weighted by molar-refractivity contribution is 0.0951. The average molecular weight is 331 g/mol. The Morgan fingerprint density at radius 1 is 1.16 bits per heavy atom. The van der Waals surface area contributed by atoms with Crippen molar-refractivity contribution in [1.29, 1.82) is 0 Å². The third kappa shape index (κ3) is 3.14. The Morgan fingerprint density at radius 3 is 2.92 bits per heavy atom. The fourth-order valence-corrected chi connectivity index (χ4v) is 2.77. The van der Waals surface area contributed by atoms with Gasteiger partial charge in [0.05, 0.1) is 6.20 Å². The van der Waals surface area contributed by atoms with Crippen molar-refractivity contribution in [3.8, 4) is 11.1 Å². The van der Waals surface area contributed by atoms with Crippen LogP contribution in [-0.4, -0.2) is 25.1 Å². The molecule has 25 heavy (non-hydrogen) atoms. The maximum absolute atomic E-state index is 12.4. The zero-order valence-corrected chi connectivity index (χ0v) is 13.8. The molecule has 1 aromatic carbocycles. The second-order valence-corrected chi connectivity index (χ2v) is 5.89. The summed E-state index contributed by atoms with van der Waals surface area (Å²) in [5.41, 5.74) is 4.53. The fourth-order valence-electron chi connectivity index (χ4n) is 2.77. The number of rotatable bonds is 4. The van der Waals surface area contributed by atoms with E-state index in [1.54, 1.807) is 23.0 Å². The number of hydrogen-bond donors (Lipinski definition) is 1. The molecule has 0 unspecified atom stereocenters. The Bertz CT molecular complexity index is 1050. The number of nitrogens with one attached hydrogen (secondary N) is 1. The number of fused-ring (bicyclic) bond motifs is 1. The van der Waals surface area contributed by atoms with Crippen LogP contribution >= 0.6 is 0 Å². The van der Waals surface area contributed by atoms with Crippen molar-refractivity contribution in [1.82, 2.24) is 24.5 Å². The molecule has 1 N–H and O–H groups in total. The summed E-state index contributed by atoms with van der Waals surface area (Å²) in [4.78, 5) is 16.6. The summed E-state index contributed by atoms with van der Waals surface area (Å²) in [7, 11) is 1.89. The van der Waals surface area contributed by atoms with Crippen LogP contribution in [0.3, 0.4) is 0 Å². The largest absolute Gasteiger partial charge is 0.348 e. The highest BCUT2D eigenvalue weighted by atomic mass is 16.1. The third-order valence-corrected chi connectivity index (χ3v) is 4.08. The van der Waals surface area contributed by atoms with E-state index >= 15 is 0 Å². The van der Waals surface area contributed by atoms with Crippen molar-refractivity contribution in [2.75, 3.05) is 0 Å². The van der Waals surface area contributed by atoms with Crippen LogP contribution in [0.1, 0.15) is 15.9 Å². The molecular formula is C19H17N5O. The standard InChI is InChI=1S/C19H17N5O/c1-23-13-17(12-22-23)15-4-2-3-14(9-15)11-21-19(25)16-5-7-24-8-6-20-18(24)10-16/h2-10,12-13H,11H2,1H3,(H,21,25). The molecule has 0 saturated carbocycles. The smallest absolute Gasteiger partial charge is 0.251 e. The van der Waals surface area contributed by atoms with E-state index in [-0.39, 0.29) is 5.91 Å². The van der Waals surface area contributed by atoms with Crippen molar-refractivity contribution in [2.24, 2.45) is 7.05 Å². The molecule has 6 nitrogen and oxygen atoms in total. The minimum absolute atomic E-state index is 0.114. The summed E-state index contributed by atoms with van der Waals surface area (Å²) in [6.07, 6.45) is 9.19. The highest BCUT2D eigenvalue weighted by Crippen LogP contribution is 2.19. The number of hydrogen-bond acceptors (Lipinski definition) is 3. The quantitative estimate of drug-likeness (QED) is 0.625. The van der Waals surface area contributed by atoms with E-state index in [4.69, 9.17) is 0 Å². The molecule has 4 aromatic rings. The fraction of sp³-hybridized carbons (Fsp3) is 0.105. The van der Waals surface area contributed by atoms with Crippen LogP contribution in [0.25, 0.3) is 16.8 Å². The molecule has 0 radical (unpaired) electrons. The first-order valence-corrected chi connectivity index (χ1v) is 7.98. The molecular weight excluding hydrogens is 314 g/mol. The van der Waals surface area contributed by atoms with Crippen molar-refractivity contribution >= 4 is 11.6 Å². The summed E-state index contributed by atoms with van der Waals surface area (Å²) < 4.78 is 3.64. The second kappa shape index (κ2) is 6.24. The number of nitrogens with zero attached hydrogens (tertiary/aromatic N) is 4. The molecule has 3 heterocycles. The van der Waals surface area contributed by atoms with Gasteiger partial charge < -0.3 is 9.72 Å². The van der Waals surface area contributed by atoms with Crippen LogP contribution in [0.2, 0.25) is 0 Å². The Labute approximate surface area is 144 Å². The molecule has 0 aliphatic rings. The van der Waals surface area contributed by atoms with Crippen LogP contribution in [0, 0.1) is 0 Å². The van der Waals surface area contributed by atoms with Gasteiger partial charge in [-0.05, 0) is 29.3 Å². The first-order valence-electron chi connectivity index (χ1n) is 7.98. The minimum Gasteiger partial charge on any atom is -0.348 e. The molecule has 1 amide bonds. The molecule has 0 fully saturated rings. The highest BCUT2D eigenvalue weighted by Gasteiger charge is 2.08. The van der Waals surface area contributed by atoms with Gasteiger partial charge in [-0.25, -0.2) is 4.98 Å². The average Bonchev–Trinajstić information content (AvgIpc) is 3.28. The molecule has 6 heteroatoms. The monoisotopic (exact) mass is 331 g/mol. The normalized spacial score (nSPS) is 10.9. The van der Waals surface area contributed by atoms with E-state index in [2.05, 4.69) is 21.5 Å². The molecule has 0 aliphatic carbocycles. The van der Waals surface area contributed by atoms with Crippen molar-refractivity contribution in [2.45, 2.75) is 6.54 Å². The minimum atomic E-state index is -0.114. The van der Waals surface area contributed by atoms with Crippen LogP contribution in [0.4, 0.5) is 0 Å². The number of benzene rings is 1. The van der Waals surface area contributed by atoms with E-state index in [0.29, 0.717) is 12.1 Å². The number of carbonyl (C=O) groups is 1. The molecule has 3 aromatic heterocycles. The maximum Gasteiger partial charge on any atom is 0.251 e. The summed E-state index contributed by atoms with van der Waals surface area (Å²) >= 11 is 0. The number of aryl methyl sites for hydroxylation is 1. The summed E-state index contributed by atoms with van der Waals surface area (Å²) in [6.45, 7) is 0.465. The van der Waals surface area contributed by atoms with E-state index in [9.17, 15) is 4.79 Å². The van der Waals surface area contributed by atoms with Gasteiger partial charge in [0.25, 0.3) is 5.91 Å². The third-order valence-electron chi connectivity index (χ3n) is 4.08. The van der Waals surface area contributed by atoms with Gasteiger partial charge in [-0.15, -0.1) is 0 Å².